The van der Waals surface area contributed by atoms with Crippen LogP contribution in [0.1, 0.15) is 53.4 Å². The molecule has 118 valence electrons. The van der Waals surface area contributed by atoms with Gasteiger partial charge >= 0.3 is 0 Å². The van der Waals surface area contributed by atoms with Gasteiger partial charge in [0.05, 0.1) is 0 Å². The SMILES string of the molecule is CCCNC1C(N2CCN(C)CC2C)CCCC1(C)C. The van der Waals surface area contributed by atoms with Crippen LogP contribution in [0.5, 0.6) is 0 Å². The van der Waals surface area contributed by atoms with Crippen molar-refractivity contribution in [1.29, 1.82) is 0 Å². The molecule has 0 aromatic heterocycles. The highest BCUT2D eigenvalue weighted by Crippen LogP contribution is 2.38. The molecular weight excluding hydrogens is 246 g/mol. The first-order valence-corrected chi connectivity index (χ1v) is 8.63. The van der Waals surface area contributed by atoms with Gasteiger partial charge in [-0.2, -0.15) is 0 Å². The van der Waals surface area contributed by atoms with E-state index in [4.69, 9.17) is 0 Å². The first kappa shape index (κ1) is 16.3. The summed E-state index contributed by atoms with van der Waals surface area (Å²) >= 11 is 0. The van der Waals surface area contributed by atoms with Gasteiger partial charge in [0.15, 0.2) is 0 Å². The monoisotopic (exact) mass is 281 g/mol. The minimum absolute atomic E-state index is 0.432. The third kappa shape index (κ3) is 3.55. The van der Waals surface area contributed by atoms with Crippen molar-refractivity contribution in [3.63, 3.8) is 0 Å². The molecule has 2 rings (SSSR count). The number of hydrogen-bond donors (Lipinski definition) is 1. The molecule has 0 radical (unpaired) electrons. The normalized spacial score (nSPS) is 36.1. The molecule has 3 nitrogen and oxygen atoms in total. The predicted molar refractivity (Wildman–Crippen MR) is 87.2 cm³/mol. The van der Waals surface area contributed by atoms with E-state index in [1.54, 1.807) is 0 Å². The highest BCUT2D eigenvalue weighted by atomic mass is 15.3. The van der Waals surface area contributed by atoms with Crippen molar-refractivity contribution in [3.05, 3.63) is 0 Å². The molecule has 1 aliphatic heterocycles. The van der Waals surface area contributed by atoms with Gasteiger partial charge in [0.25, 0.3) is 0 Å². The number of nitrogens with one attached hydrogen (secondary N) is 1. The van der Waals surface area contributed by atoms with Gasteiger partial charge < -0.3 is 10.2 Å². The fourth-order valence-corrected chi connectivity index (χ4v) is 4.33. The van der Waals surface area contributed by atoms with E-state index < -0.39 is 0 Å². The molecule has 0 bridgehead atoms. The molecule has 3 atom stereocenters. The van der Waals surface area contributed by atoms with Crippen LogP contribution in [-0.4, -0.2) is 61.2 Å². The lowest BCUT2D eigenvalue weighted by atomic mass is 9.70. The van der Waals surface area contributed by atoms with Crippen LogP contribution in [0.3, 0.4) is 0 Å². The smallest absolute Gasteiger partial charge is 0.0274 e. The fourth-order valence-electron chi connectivity index (χ4n) is 4.33. The van der Waals surface area contributed by atoms with Crippen LogP contribution < -0.4 is 5.32 Å². The average molecular weight is 281 g/mol. The Kier molecular flexibility index (Phi) is 5.49. The van der Waals surface area contributed by atoms with Crippen molar-refractivity contribution >= 4 is 0 Å². The summed E-state index contributed by atoms with van der Waals surface area (Å²) < 4.78 is 0. The molecule has 0 amide bonds. The van der Waals surface area contributed by atoms with E-state index in [9.17, 15) is 0 Å². The molecular formula is C17H35N3. The van der Waals surface area contributed by atoms with Crippen LogP contribution in [0, 0.1) is 5.41 Å². The molecule has 0 aromatic rings. The van der Waals surface area contributed by atoms with Gasteiger partial charge in [-0.05, 0) is 45.2 Å². The van der Waals surface area contributed by atoms with Crippen molar-refractivity contribution in [2.75, 3.05) is 33.2 Å². The Hall–Kier alpha value is -0.120. The maximum Gasteiger partial charge on any atom is 0.0274 e. The van der Waals surface area contributed by atoms with Crippen LogP contribution in [0.4, 0.5) is 0 Å². The van der Waals surface area contributed by atoms with Crippen LogP contribution >= 0.6 is 0 Å². The summed E-state index contributed by atoms with van der Waals surface area (Å²) in [5.74, 6) is 0. The zero-order chi connectivity index (χ0) is 14.8. The van der Waals surface area contributed by atoms with Gasteiger partial charge in [-0.3, -0.25) is 4.90 Å². The minimum Gasteiger partial charge on any atom is -0.312 e. The Labute approximate surface area is 126 Å². The van der Waals surface area contributed by atoms with Crippen molar-refractivity contribution < 1.29 is 0 Å². The molecule has 2 aliphatic rings. The number of rotatable bonds is 4. The summed E-state index contributed by atoms with van der Waals surface area (Å²) in [5, 5.41) is 3.89. The highest BCUT2D eigenvalue weighted by Gasteiger charge is 2.42. The highest BCUT2D eigenvalue weighted by molar-refractivity contribution is 5.00. The Bertz CT molecular complexity index is 303. The Morgan fingerprint density at radius 2 is 2.00 bits per heavy atom. The van der Waals surface area contributed by atoms with Crippen molar-refractivity contribution in [2.24, 2.45) is 5.41 Å². The number of nitrogens with zero attached hydrogens (tertiary/aromatic N) is 2. The lowest BCUT2D eigenvalue weighted by Crippen LogP contribution is -2.64. The van der Waals surface area contributed by atoms with E-state index in [0.717, 1.165) is 12.6 Å². The molecule has 0 spiro atoms. The van der Waals surface area contributed by atoms with Gasteiger partial charge in [0.2, 0.25) is 0 Å². The van der Waals surface area contributed by atoms with Crippen LogP contribution in [0.15, 0.2) is 0 Å². The van der Waals surface area contributed by atoms with E-state index in [1.165, 1.54) is 45.3 Å². The van der Waals surface area contributed by atoms with E-state index in [0.29, 0.717) is 17.5 Å². The Balaban J connectivity index is 2.09. The number of hydrogen-bond acceptors (Lipinski definition) is 3. The zero-order valence-electron chi connectivity index (χ0n) is 14.3. The Morgan fingerprint density at radius 1 is 1.25 bits per heavy atom. The lowest BCUT2D eigenvalue weighted by Gasteiger charge is -2.52. The number of likely N-dealkylation sites (N-methyl/N-ethyl adjacent to an activating group) is 1. The summed E-state index contributed by atoms with van der Waals surface area (Å²) in [6.45, 7) is 14.5. The summed E-state index contributed by atoms with van der Waals surface area (Å²) in [6.07, 6.45) is 5.37. The van der Waals surface area contributed by atoms with Crippen LogP contribution in [0.25, 0.3) is 0 Å². The first-order chi connectivity index (χ1) is 9.45. The molecule has 2 fully saturated rings. The summed E-state index contributed by atoms with van der Waals surface area (Å²) in [6, 6.07) is 2.08. The zero-order valence-corrected chi connectivity index (χ0v) is 14.3. The van der Waals surface area contributed by atoms with Crippen molar-refractivity contribution in [1.82, 2.24) is 15.1 Å². The average Bonchev–Trinajstić information content (AvgIpc) is 2.36. The fraction of sp³-hybridized carbons (Fsp3) is 1.00. The van der Waals surface area contributed by atoms with Gasteiger partial charge in [-0.1, -0.05) is 27.2 Å². The first-order valence-electron chi connectivity index (χ1n) is 8.63. The van der Waals surface area contributed by atoms with Gasteiger partial charge in [0, 0.05) is 37.8 Å². The topological polar surface area (TPSA) is 18.5 Å². The standard InChI is InChI=1S/C17H35N3/c1-6-10-18-16-15(8-7-9-17(16,3)4)20-12-11-19(5)13-14(20)2/h14-16,18H,6-13H2,1-5H3. The quantitative estimate of drug-likeness (QED) is 0.854. The van der Waals surface area contributed by atoms with E-state index in [1.807, 2.05) is 0 Å². The molecule has 1 saturated carbocycles. The summed E-state index contributed by atoms with van der Waals surface area (Å²) in [4.78, 5) is 5.28. The number of piperazine rings is 1. The molecule has 20 heavy (non-hydrogen) atoms. The predicted octanol–water partition coefficient (Wildman–Crippen LogP) is 2.57. The second kappa shape index (κ2) is 6.76. The maximum atomic E-state index is 3.89. The van der Waals surface area contributed by atoms with E-state index in [-0.39, 0.29) is 0 Å². The van der Waals surface area contributed by atoms with E-state index in [2.05, 4.69) is 49.9 Å². The second-order valence-electron chi connectivity index (χ2n) is 7.73. The maximum absolute atomic E-state index is 3.89. The molecule has 3 heteroatoms. The molecule has 1 aliphatic carbocycles. The van der Waals surface area contributed by atoms with Gasteiger partial charge in [-0.25, -0.2) is 0 Å². The Morgan fingerprint density at radius 3 is 2.65 bits per heavy atom. The van der Waals surface area contributed by atoms with Gasteiger partial charge in [0.1, 0.15) is 0 Å². The summed E-state index contributed by atoms with van der Waals surface area (Å²) in [5.41, 5.74) is 0.432. The molecule has 1 N–H and O–H groups in total. The van der Waals surface area contributed by atoms with Gasteiger partial charge in [-0.15, -0.1) is 0 Å². The molecule has 1 heterocycles. The largest absolute Gasteiger partial charge is 0.312 e. The van der Waals surface area contributed by atoms with Crippen LogP contribution in [0.2, 0.25) is 0 Å². The van der Waals surface area contributed by atoms with E-state index >= 15 is 0 Å². The lowest BCUT2D eigenvalue weighted by molar-refractivity contribution is -0.00527. The van der Waals surface area contributed by atoms with Crippen molar-refractivity contribution in [2.45, 2.75) is 71.5 Å². The second-order valence-corrected chi connectivity index (χ2v) is 7.73. The molecule has 3 unspecified atom stereocenters. The summed E-state index contributed by atoms with van der Waals surface area (Å²) in [7, 11) is 2.26. The molecule has 1 saturated heterocycles. The van der Waals surface area contributed by atoms with Crippen molar-refractivity contribution in [3.8, 4) is 0 Å². The third-order valence-electron chi connectivity index (χ3n) is 5.47. The molecule has 0 aromatic carbocycles. The third-order valence-corrected chi connectivity index (χ3v) is 5.47. The minimum atomic E-state index is 0.432. The van der Waals surface area contributed by atoms with Crippen LogP contribution in [-0.2, 0) is 0 Å².